The van der Waals surface area contributed by atoms with Gasteiger partial charge in [-0.2, -0.15) is 4.98 Å². The average Bonchev–Trinajstić information content (AvgIpc) is 2.98. The highest BCUT2D eigenvalue weighted by atomic mass is 16.5. The summed E-state index contributed by atoms with van der Waals surface area (Å²) >= 11 is 0. The lowest BCUT2D eigenvalue weighted by Crippen LogP contribution is -2.28. The maximum atomic E-state index is 5.53. The van der Waals surface area contributed by atoms with Gasteiger partial charge in [-0.15, -0.1) is 0 Å². The second kappa shape index (κ2) is 6.25. The van der Waals surface area contributed by atoms with Crippen LogP contribution in [-0.2, 0) is 0 Å². The molecule has 0 spiro atoms. The molecule has 4 heteroatoms. The molecule has 4 nitrogen and oxygen atoms in total. The third kappa shape index (κ3) is 3.05. The van der Waals surface area contributed by atoms with E-state index < -0.39 is 0 Å². The maximum absolute atomic E-state index is 5.53. The smallest absolute Gasteiger partial charge is 0.231 e. The molecule has 2 heterocycles. The van der Waals surface area contributed by atoms with Crippen molar-refractivity contribution < 1.29 is 4.52 Å². The van der Waals surface area contributed by atoms with E-state index in [4.69, 9.17) is 9.51 Å². The molecule has 20 heavy (non-hydrogen) atoms. The van der Waals surface area contributed by atoms with E-state index in [0.29, 0.717) is 11.8 Å². The Bertz CT molecular complexity index is 415. The van der Waals surface area contributed by atoms with Gasteiger partial charge in [0, 0.05) is 12.5 Å². The Morgan fingerprint density at radius 1 is 1.10 bits per heavy atom. The zero-order valence-electron chi connectivity index (χ0n) is 12.8. The Balaban J connectivity index is 1.60. The lowest BCUT2D eigenvalue weighted by atomic mass is 9.77. The zero-order valence-corrected chi connectivity index (χ0v) is 12.8. The van der Waals surface area contributed by atoms with Crippen LogP contribution in [0.5, 0.6) is 0 Å². The molecule has 3 rings (SSSR count). The monoisotopic (exact) mass is 277 g/mol. The standard InChI is InChI=1S/C16H27N3O/c1-11(2)12-5-7-13(8-6-12)15-18-16(20-19-15)14-4-3-9-17-10-14/h11-14,17H,3-10H2,1-2H3/t12?,13?,14-/m0/s1. The molecule has 0 amide bonds. The highest BCUT2D eigenvalue weighted by Crippen LogP contribution is 2.38. The topological polar surface area (TPSA) is 51.0 Å². The average molecular weight is 277 g/mol. The first-order chi connectivity index (χ1) is 9.74. The van der Waals surface area contributed by atoms with Crippen LogP contribution in [0.4, 0.5) is 0 Å². The van der Waals surface area contributed by atoms with Crippen LogP contribution >= 0.6 is 0 Å². The van der Waals surface area contributed by atoms with E-state index in [0.717, 1.165) is 36.6 Å². The molecule has 1 aromatic heterocycles. The Hall–Kier alpha value is -0.900. The van der Waals surface area contributed by atoms with Crippen LogP contribution in [0.25, 0.3) is 0 Å². The van der Waals surface area contributed by atoms with E-state index in [2.05, 4.69) is 24.3 Å². The van der Waals surface area contributed by atoms with Gasteiger partial charge < -0.3 is 9.84 Å². The van der Waals surface area contributed by atoms with E-state index in [1.807, 2.05) is 0 Å². The van der Waals surface area contributed by atoms with E-state index >= 15 is 0 Å². The number of nitrogens with one attached hydrogen (secondary N) is 1. The number of piperidine rings is 1. The Morgan fingerprint density at radius 2 is 1.90 bits per heavy atom. The van der Waals surface area contributed by atoms with Gasteiger partial charge in [0.05, 0.1) is 5.92 Å². The summed E-state index contributed by atoms with van der Waals surface area (Å²) in [5, 5.41) is 7.68. The molecule has 0 radical (unpaired) electrons. The minimum absolute atomic E-state index is 0.428. The summed E-state index contributed by atoms with van der Waals surface area (Å²) in [6.45, 7) is 6.79. The number of nitrogens with zero attached hydrogens (tertiary/aromatic N) is 2. The van der Waals surface area contributed by atoms with Crippen LogP contribution in [0.3, 0.4) is 0 Å². The number of hydrogen-bond acceptors (Lipinski definition) is 4. The van der Waals surface area contributed by atoms with Gasteiger partial charge in [0.25, 0.3) is 0 Å². The maximum Gasteiger partial charge on any atom is 0.231 e. The van der Waals surface area contributed by atoms with E-state index in [-0.39, 0.29) is 0 Å². The molecular formula is C16H27N3O. The predicted molar refractivity (Wildman–Crippen MR) is 78.7 cm³/mol. The first-order valence-electron chi connectivity index (χ1n) is 8.28. The minimum Gasteiger partial charge on any atom is -0.339 e. The highest BCUT2D eigenvalue weighted by molar-refractivity contribution is 5.02. The number of aromatic nitrogens is 2. The van der Waals surface area contributed by atoms with Crippen molar-refractivity contribution in [1.29, 1.82) is 0 Å². The zero-order chi connectivity index (χ0) is 13.9. The predicted octanol–water partition coefficient (Wildman–Crippen LogP) is 3.47. The molecule has 1 aliphatic carbocycles. The molecule has 2 fully saturated rings. The largest absolute Gasteiger partial charge is 0.339 e. The highest BCUT2D eigenvalue weighted by Gasteiger charge is 2.28. The molecule has 1 saturated heterocycles. The third-order valence-corrected chi connectivity index (χ3v) is 5.18. The van der Waals surface area contributed by atoms with Crippen molar-refractivity contribution in [3.05, 3.63) is 11.7 Å². The van der Waals surface area contributed by atoms with Crippen molar-refractivity contribution >= 4 is 0 Å². The molecule has 1 N–H and O–H groups in total. The summed E-state index contributed by atoms with van der Waals surface area (Å²) in [6, 6.07) is 0. The van der Waals surface area contributed by atoms with Gasteiger partial charge in [-0.05, 0) is 56.9 Å². The number of hydrogen-bond donors (Lipinski definition) is 1. The van der Waals surface area contributed by atoms with E-state index in [1.165, 1.54) is 38.5 Å². The fourth-order valence-electron chi connectivity index (χ4n) is 3.69. The van der Waals surface area contributed by atoms with Crippen molar-refractivity contribution in [3.8, 4) is 0 Å². The normalized spacial score (nSPS) is 31.6. The van der Waals surface area contributed by atoms with Crippen molar-refractivity contribution in [2.24, 2.45) is 11.8 Å². The second-order valence-corrected chi connectivity index (χ2v) is 6.89. The van der Waals surface area contributed by atoms with Crippen LogP contribution in [0.2, 0.25) is 0 Å². The van der Waals surface area contributed by atoms with E-state index in [9.17, 15) is 0 Å². The number of rotatable bonds is 3. The molecule has 1 atom stereocenters. The van der Waals surface area contributed by atoms with Gasteiger partial charge in [-0.1, -0.05) is 19.0 Å². The Kier molecular flexibility index (Phi) is 4.39. The first-order valence-corrected chi connectivity index (χ1v) is 8.28. The lowest BCUT2D eigenvalue weighted by molar-refractivity contribution is 0.251. The SMILES string of the molecule is CC(C)C1CCC(c2noc([C@H]3CCCNC3)n2)CC1. The summed E-state index contributed by atoms with van der Waals surface area (Å²) in [4.78, 5) is 4.71. The van der Waals surface area contributed by atoms with Crippen LogP contribution in [0, 0.1) is 11.8 Å². The second-order valence-electron chi connectivity index (χ2n) is 6.89. The summed E-state index contributed by atoms with van der Waals surface area (Å²) in [5.74, 6) is 4.48. The van der Waals surface area contributed by atoms with Crippen LogP contribution in [-0.4, -0.2) is 23.2 Å². The summed E-state index contributed by atoms with van der Waals surface area (Å²) in [7, 11) is 0. The minimum atomic E-state index is 0.428. The van der Waals surface area contributed by atoms with Crippen molar-refractivity contribution in [2.45, 2.75) is 64.2 Å². The summed E-state index contributed by atoms with van der Waals surface area (Å²) < 4.78 is 5.53. The molecule has 1 saturated carbocycles. The van der Waals surface area contributed by atoms with Crippen LogP contribution in [0.15, 0.2) is 4.52 Å². The molecule has 0 aromatic carbocycles. The van der Waals surface area contributed by atoms with Gasteiger partial charge in [0.2, 0.25) is 5.89 Å². The molecule has 2 aliphatic rings. The van der Waals surface area contributed by atoms with Crippen LogP contribution < -0.4 is 5.32 Å². The van der Waals surface area contributed by atoms with Gasteiger partial charge in [-0.25, -0.2) is 0 Å². The fourth-order valence-corrected chi connectivity index (χ4v) is 3.69. The fraction of sp³-hybridized carbons (Fsp3) is 0.875. The molecule has 0 bridgehead atoms. The van der Waals surface area contributed by atoms with Crippen LogP contribution in [0.1, 0.15) is 75.9 Å². The Morgan fingerprint density at radius 3 is 2.55 bits per heavy atom. The van der Waals surface area contributed by atoms with Gasteiger partial charge in [0.1, 0.15) is 0 Å². The molecule has 1 aromatic rings. The van der Waals surface area contributed by atoms with Crippen molar-refractivity contribution in [1.82, 2.24) is 15.5 Å². The molecule has 0 unspecified atom stereocenters. The third-order valence-electron chi connectivity index (χ3n) is 5.18. The molecule has 112 valence electrons. The Labute approximate surface area is 121 Å². The summed E-state index contributed by atoms with van der Waals surface area (Å²) in [5.41, 5.74) is 0. The first kappa shape index (κ1) is 14.1. The molecular weight excluding hydrogens is 250 g/mol. The molecule has 1 aliphatic heterocycles. The van der Waals surface area contributed by atoms with E-state index in [1.54, 1.807) is 0 Å². The van der Waals surface area contributed by atoms with Gasteiger partial charge in [-0.3, -0.25) is 0 Å². The lowest BCUT2D eigenvalue weighted by Gasteiger charge is -2.29. The van der Waals surface area contributed by atoms with Gasteiger partial charge >= 0.3 is 0 Å². The summed E-state index contributed by atoms with van der Waals surface area (Å²) in [6.07, 6.45) is 7.47. The quantitative estimate of drug-likeness (QED) is 0.919. The van der Waals surface area contributed by atoms with Crippen molar-refractivity contribution in [2.75, 3.05) is 13.1 Å². The van der Waals surface area contributed by atoms with Crippen molar-refractivity contribution in [3.63, 3.8) is 0 Å². The van der Waals surface area contributed by atoms with Gasteiger partial charge in [0.15, 0.2) is 5.82 Å².